The number of carbonyl (C=O) groups is 2. The molecule has 0 spiro atoms. The zero-order valence-corrected chi connectivity index (χ0v) is 39.0. The van der Waals surface area contributed by atoms with Gasteiger partial charge in [-0.1, -0.05) is 59.6 Å². The summed E-state index contributed by atoms with van der Waals surface area (Å²) < 4.78 is 28.8. The first-order valence-electron chi connectivity index (χ1n) is 22.3. The fraction of sp³-hybridized carbons (Fsp3) is 0.208. The van der Waals surface area contributed by atoms with Crippen LogP contribution in [0.2, 0.25) is 10.0 Å². The van der Waals surface area contributed by atoms with Gasteiger partial charge < -0.3 is 54.1 Å². The molecule has 68 heavy (non-hydrogen) atoms. The van der Waals surface area contributed by atoms with Crippen molar-refractivity contribution in [2.75, 3.05) is 58.3 Å². The number of para-hydroxylation sites is 2. The third kappa shape index (κ3) is 8.66. The number of aromatic nitrogens is 2. The van der Waals surface area contributed by atoms with Crippen LogP contribution in [-0.2, 0) is 12.8 Å². The van der Waals surface area contributed by atoms with E-state index in [0.29, 0.717) is 70.3 Å². The highest BCUT2D eigenvalue weighted by molar-refractivity contribution is 6.31. The lowest BCUT2D eigenvalue weighted by molar-refractivity contribution is 0.192. The quantitative estimate of drug-likeness (QED) is 0.0893. The Kier molecular flexibility index (Phi) is 12.4. The first-order valence-corrected chi connectivity index (χ1v) is 23.0. The number of aromatic amines is 2. The number of fused-ring (bicyclic) bond motifs is 6. The number of H-pyrrole nitrogens is 2. The standard InChI is InChI=1S/C53H48Cl2N6O7/c1-64-35-14-8-31(9-15-35)50-48-38(40-28-33(54)12-19-42(40)56-48)22-24-60(50)52(62)58-44-6-4-5-7-46(44)68-27-26-67-36-16-10-32(11-17-36)51-49-39(41-29-34(55)13-20-43(41)57-49)23-25-61(51)53(63)59-45-21-18-37(65-2)30-47(45)66-3/h4-21,28-30,50-51,56-57H,22-27H2,1-3H3,(H,58,62)(H,59,63). The molecule has 0 saturated heterocycles. The SMILES string of the molecule is COc1ccc(C2c3[nH]c4ccc(Cl)cc4c3CCN2C(=O)Nc2ccccc2OCCOc2ccc(C3c4[nH]c5ccc(Cl)cc5c4CCN3C(=O)Nc3ccc(OC)cc3OC)cc2)cc1. The minimum atomic E-state index is -0.446. The number of amides is 4. The Morgan fingerprint density at radius 3 is 1.60 bits per heavy atom. The summed E-state index contributed by atoms with van der Waals surface area (Å²) in [7, 11) is 4.77. The van der Waals surface area contributed by atoms with Crippen LogP contribution in [0.15, 0.2) is 127 Å². The van der Waals surface area contributed by atoms with Gasteiger partial charge in [-0.25, -0.2) is 9.59 Å². The molecule has 6 aromatic carbocycles. The molecular formula is C53H48Cl2N6O7. The Bertz CT molecular complexity index is 3150. The molecule has 4 heterocycles. The van der Waals surface area contributed by atoms with E-state index in [0.717, 1.165) is 61.2 Å². The molecule has 2 aliphatic rings. The highest BCUT2D eigenvalue weighted by Crippen LogP contribution is 2.42. The number of rotatable bonds is 12. The number of hydrogen-bond acceptors (Lipinski definition) is 7. The Hall–Kier alpha value is -7.48. The van der Waals surface area contributed by atoms with Gasteiger partial charge in [-0.15, -0.1) is 0 Å². The van der Waals surface area contributed by atoms with Crippen molar-refractivity contribution in [2.24, 2.45) is 0 Å². The maximum atomic E-state index is 14.3. The number of hydrogen-bond donors (Lipinski definition) is 4. The van der Waals surface area contributed by atoms with Gasteiger partial charge >= 0.3 is 12.1 Å². The molecule has 0 saturated carbocycles. The van der Waals surface area contributed by atoms with Gasteiger partial charge in [-0.05, 0) is 120 Å². The minimum Gasteiger partial charge on any atom is -0.497 e. The second-order valence-corrected chi connectivity index (χ2v) is 17.4. The average Bonchev–Trinajstić information content (AvgIpc) is 3.93. The number of nitrogens with one attached hydrogen (secondary N) is 4. The molecule has 4 N–H and O–H groups in total. The largest absolute Gasteiger partial charge is 0.497 e. The van der Waals surface area contributed by atoms with E-state index in [1.165, 1.54) is 0 Å². The van der Waals surface area contributed by atoms with Gasteiger partial charge in [0.15, 0.2) is 0 Å². The number of carbonyl (C=O) groups excluding carboxylic acids is 2. The van der Waals surface area contributed by atoms with Crippen LogP contribution in [0.4, 0.5) is 21.0 Å². The molecule has 13 nitrogen and oxygen atoms in total. The van der Waals surface area contributed by atoms with Crippen LogP contribution in [0.1, 0.15) is 45.7 Å². The Labute approximate surface area is 402 Å². The third-order valence-electron chi connectivity index (χ3n) is 12.7. The van der Waals surface area contributed by atoms with Crippen molar-refractivity contribution < 1.29 is 33.3 Å². The molecule has 2 aliphatic heterocycles. The zero-order chi connectivity index (χ0) is 46.9. The molecule has 0 fully saturated rings. The Morgan fingerprint density at radius 2 is 1.06 bits per heavy atom. The van der Waals surface area contributed by atoms with Crippen molar-refractivity contribution in [2.45, 2.75) is 24.9 Å². The molecule has 15 heteroatoms. The van der Waals surface area contributed by atoms with E-state index >= 15 is 0 Å². The predicted molar refractivity (Wildman–Crippen MR) is 266 cm³/mol. The van der Waals surface area contributed by atoms with Crippen LogP contribution >= 0.6 is 23.2 Å². The maximum Gasteiger partial charge on any atom is 0.322 e. The lowest BCUT2D eigenvalue weighted by Gasteiger charge is -2.36. The smallest absolute Gasteiger partial charge is 0.322 e. The van der Waals surface area contributed by atoms with Crippen LogP contribution < -0.4 is 34.3 Å². The van der Waals surface area contributed by atoms with Crippen LogP contribution in [-0.4, -0.2) is 79.5 Å². The highest BCUT2D eigenvalue weighted by Gasteiger charge is 2.37. The number of urea groups is 2. The minimum absolute atomic E-state index is 0.209. The van der Waals surface area contributed by atoms with Crippen molar-refractivity contribution in [3.05, 3.63) is 171 Å². The summed E-state index contributed by atoms with van der Waals surface area (Å²) >= 11 is 12.9. The average molecular weight is 952 g/mol. The van der Waals surface area contributed by atoms with Crippen molar-refractivity contribution in [3.8, 4) is 28.7 Å². The molecule has 0 radical (unpaired) electrons. The second kappa shape index (κ2) is 19.0. The summed E-state index contributed by atoms with van der Waals surface area (Å²) in [6.45, 7) is 1.38. The second-order valence-electron chi connectivity index (χ2n) is 16.6. The van der Waals surface area contributed by atoms with E-state index in [1.807, 2.05) is 119 Å². The molecule has 0 bridgehead atoms. The molecule has 2 atom stereocenters. The van der Waals surface area contributed by atoms with Gasteiger partial charge in [0.1, 0.15) is 42.0 Å². The van der Waals surface area contributed by atoms with Gasteiger partial charge in [0.2, 0.25) is 0 Å². The number of methoxy groups -OCH3 is 3. The lowest BCUT2D eigenvalue weighted by atomic mass is 9.92. The number of halogens is 2. The van der Waals surface area contributed by atoms with Crippen LogP contribution in [0.3, 0.4) is 0 Å². The Balaban J connectivity index is 0.829. The number of anilines is 2. The third-order valence-corrected chi connectivity index (χ3v) is 13.2. The zero-order valence-electron chi connectivity index (χ0n) is 37.5. The van der Waals surface area contributed by atoms with Crippen molar-refractivity contribution in [1.82, 2.24) is 19.8 Å². The first-order chi connectivity index (χ1) is 33.2. The monoisotopic (exact) mass is 950 g/mol. The molecule has 2 aromatic heterocycles. The summed E-state index contributed by atoms with van der Waals surface area (Å²) in [4.78, 5) is 39.3. The van der Waals surface area contributed by atoms with E-state index < -0.39 is 12.1 Å². The maximum absolute atomic E-state index is 14.3. The summed E-state index contributed by atoms with van der Waals surface area (Å²) in [5, 5.41) is 9.60. The van der Waals surface area contributed by atoms with Crippen molar-refractivity contribution in [1.29, 1.82) is 0 Å². The fourth-order valence-corrected chi connectivity index (χ4v) is 9.81. The number of ether oxygens (including phenoxy) is 5. The van der Waals surface area contributed by atoms with Crippen molar-refractivity contribution in [3.63, 3.8) is 0 Å². The summed E-state index contributed by atoms with van der Waals surface area (Å²) in [6.07, 6.45) is 1.29. The van der Waals surface area contributed by atoms with Gasteiger partial charge in [0.25, 0.3) is 0 Å². The summed E-state index contributed by atoms with van der Waals surface area (Å²) in [5.74, 6) is 2.97. The van der Waals surface area contributed by atoms with Crippen LogP contribution in [0, 0.1) is 0 Å². The van der Waals surface area contributed by atoms with Crippen LogP contribution in [0.5, 0.6) is 28.7 Å². The van der Waals surface area contributed by atoms with Crippen LogP contribution in [0.25, 0.3) is 21.8 Å². The molecule has 10 rings (SSSR count). The van der Waals surface area contributed by atoms with E-state index in [2.05, 4.69) is 20.6 Å². The Morgan fingerprint density at radius 1 is 0.559 bits per heavy atom. The van der Waals surface area contributed by atoms with E-state index in [4.69, 9.17) is 46.9 Å². The fourth-order valence-electron chi connectivity index (χ4n) is 9.47. The molecule has 2 unspecified atom stereocenters. The van der Waals surface area contributed by atoms with Gasteiger partial charge in [0, 0.05) is 62.4 Å². The van der Waals surface area contributed by atoms with E-state index in [1.54, 1.807) is 39.5 Å². The van der Waals surface area contributed by atoms with Gasteiger partial charge in [-0.3, -0.25) is 0 Å². The van der Waals surface area contributed by atoms with Crippen molar-refractivity contribution >= 4 is 68.4 Å². The molecule has 8 aromatic rings. The van der Waals surface area contributed by atoms with Gasteiger partial charge in [0.05, 0.1) is 44.8 Å². The number of nitrogens with zero attached hydrogens (tertiary/aromatic N) is 2. The summed E-state index contributed by atoms with van der Waals surface area (Å²) in [5.41, 5.74) is 8.94. The topological polar surface area (TPSA) is 142 Å². The van der Waals surface area contributed by atoms with E-state index in [9.17, 15) is 9.59 Å². The van der Waals surface area contributed by atoms with Gasteiger partial charge in [-0.2, -0.15) is 0 Å². The predicted octanol–water partition coefficient (Wildman–Crippen LogP) is 11.8. The van der Waals surface area contributed by atoms with E-state index in [-0.39, 0.29) is 25.3 Å². The molecule has 4 amide bonds. The molecule has 0 aliphatic carbocycles. The first kappa shape index (κ1) is 44.4. The summed E-state index contributed by atoms with van der Waals surface area (Å²) in [6, 6.07) is 38.4. The molecular weight excluding hydrogens is 904 g/mol. The number of benzene rings is 6. The molecule has 346 valence electrons. The highest BCUT2D eigenvalue weighted by atomic mass is 35.5. The lowest BCUT2D eigenvalue weighted by Crippen LogP contribution is -2.43. The normalized spacial score (nSPS) is 15.4.